The van der Waals surface area contributed by atoms with Crippen LogP contribution in [0.1, 0.15) is 96.6 Å². The maximum absolute atomic E-state index is 14.4. The van der Waals surface area contributed by atoms with Crippen LogP contribution >= 0.6 is 10.2 Å². The summed E-state index contributed by atoms with van der Waals surface area (Å²) < 4.78 is 75.5. The van der Waals surface area contributed by atoms with Crippen molar-refractivity contribution in [1.82, 2.24) is 34.0 Å². The van der Waals surface area contributed by atoms with Gasteiger partial charge < -0.3 is 19.5 Å². The van der Waals surface area contributed by atoms with Gasteiger partial charge >= 0.3 is 10.2 Å². The van der Waals surface area contributed by atoms with Crippen LogP contribution in [-0.4, -0.2) is 58.9 Å². The number of amides is 2. The van der Waals surface area contributed by atoms with Crippen LogP contribution in [0.4, 0.5) is 25.1 Å². The molecule has 2 aromatic carbocycles. The molecule has 0 radical (unpaired) electrons. The van der Waals surface area contributed by atoms with E-state index < -0.39 is 33.1 Å². The Kier molecular flexibility index (Phi) is 10.7. The molecule has 1 N–H and O–H groups in total. The number of aryl methyl sites for hydroxylation is 1. The van der Waals surface area contributed by atoms with Crippen molar-refractivity contribution in [2.75, 3.05) is 18.4 Å². The van der Waals surface area contributed by atoms with Crippen molar-refractivity contribution in [2.45, 2.75) is 89.2 Å². The van der Waals surface area contributed by atoms with Gasteiger partial charge in [-0.1, -0.05) is 69.2 Å². The lowest BCUT2D eigenvalue weighted by atomic mass is 9.88. The quantitative estimate of drug-likeness (QED) is 0.131. The molecule has 3 aromatic heterocycles. The van der Waals surface area contributed by atoms with Crippen molar-refractivity contribution in [1.29, 1.82) is 0 Å². The summed E-state index contributed by atoms with van der Waals surface area (Å²) >= 11 is 0. The maximum atomic E-state index is 14.4. The van der Waals surface area contributed by atoms with E-state index in [9.17, 15) is 33.8 Å². The van der Waals surface area contributed by atoms with Crippen molar-refractivity contribution < 1.29 is 33.8 Å². The maximum Gasteiger partial charge on any atom is 0.310 e. The Morgan fingerprint density at radius 3 is 2.36 bits per heavy atom. The first-order valence-corrected chi connectivity index (χ1v) is 21.1. The lowest BCUT2D eigenvalue weighted by molar-refractivity contribution is -0.116. The van der Waals surface area contributed by atoms with E-state index in [1.807, 2.05) is 37.3 Å². The van der Waals surface area contributed by atoms with Crippen molar-refractivity contribution in [3.63, 3.8) is 0 Å². The van der Waals surface area contributed by atoms with E-state index in [0.717, 1.165) is 49.0 Å². The molecule has 1 saturated heterocycles. The fourth-order valence-corrected chi connectivity index (χ4v) is 8.26. The number of hydrogen-bond acceptors (Lipinski definition) is 8. The molecule has 5 aromatic rings. The number of anilines is 1. The van der Waals surface area contributed by atoms with Gasteiger partial charge in [0, 0.05) is 30.0 Å². The molecule has 7 rings (SSSR count). The average Bonchev–Trinajstić information content (AvgIpc) is 3.46. The number of nitrogens with one attached hydrogen (secondary N) is 1. The first-order valence-electron chi connectivity index (χ1n) is 19.1. The first-order chi connectivity index (χ1) is 27.5. The number of fused-ring (bicyclic) bond motifs is 1. The fourth-order valence-electron chi connectivity index (χ4n) is 7.61. The SMILES string of the molecule is CCc1c(C2CCN(C(=O)c3ncnc(C)c3OCc3ccccc3)CC2)c(=O)n2nc(C3=CCCCCC3)nc2n1CC(=O)Nc1ccc(S(F)(F)(F)(F)F)cc1. The summed E-state index contributed by atoms with van der Waals surface area (Å²) in [6, 6.07) is 11.5. The van der Waals surface area contributed by atoms with Crippen LogP contribution in [0.5, 0.6) is 5.75 Å². The van der Waals surface area contributed by atoms with Crippen LogP contribution in [0.3, 0.4) is 0 Å². The van der Waals surface area contributed by atoms with Crippen molar-refractivity contribution in [2.24, 2.45) is 0 Å². The molecule has 0 unspecified atom stereocenters. The normalized spacial score (nSPS) is 16.6. The third-order valence-electron chi connectivity index (χ3n) is 10.5. The number of piperidine rings is 1. The standard InChI is InChI=1S/C40H43F5N8O4S/c1-3-32-34(28-19-21-51(22-20-28)39(56)35-36(26(2)46-25-47-35)57-24-27-11-7-6-8-12-27)38(55)53-40(49-37(50-53)29-13-9-4-5-10-14-29)52(32)23-33(54)48-30-15-17-31(18-16-30)58(41,42,43,44)45/h6-8,11-13,15-18,25,28H,3-5,9-10,14,19-24H2,1-2H3,(H,48,54). The highest BCUT2D eigenvalue weighted by molar-refractivity contribution is 8.45. The summed E-state index contributed by atoms with van der Waals surface area (Å²) in [5.41, 5.74) is 2.88. The van der Waals surface area contributed by atoms with Gasteiger partial charge in [0.15, 0.2) is 17.3 Å². The molecule has 58 heavy (non-hydrogen) atoms. The van der Waals surface area contributed by atoms with Gasteiger partial charge in [0.1, 0.15) is 24.4 Å². The zero-order valence-corrected chi connectivity index (χ0v) is 32.8. The van der Waals surface area contributed by atoms with Crippen molar-refractivity contribution in [3.05, 3.63) is 111 Å². The highest BCUT2D eigenvalue weighted by atomic mass is 32.5. The minimum absolute atomic E-state index is 0.118. The lowest BCUT2D eigenvalue weighted by Crippen LogP contribution is -2.40. The highest BCUT2D eigenvalue weighted by Crippen LogP contribution is 3.02. The Hall–Kier alpha value is -5.65. The van der Waals surface area contributed by atoms with E-state index in [0.29, 0.717) is 54.2 Å². The lowest BCUT2D eigenvalue weighted by Gasteiger charge is -2.40. The zero-order chi connectivity index (χ0) is 41.3. The Morgan fingerprint density at radius 2 is 1.67 bits per heavy atom. The van der Waals surface area contributed by atoms with Gasteiger partial charge in [-0.05, 0) is 93.2 Å². The number of carbonyl (C=O) groups excluding carboxylic acids is 2. The topological polar surface area (TPSA) is 137 Å². The molecular weight excluding hydrogens is 784 g/mol. The molecule has 12 nitrogen and oxygen atoms in total. The number of carbonyl (C=O) groups is 2. The first kappa shape index (κ1) is 40.5. The van der Waals surface area contributed by atoms with E-state index in [1.165, 1.54) is 10.8 Å². The van der Waals surface area contributed by atoms with E-state index in [1.54, 1.807) is 16.4 Å². The highest BCUT2D eigenvalue weighted by Gasteiger charge is 2.65. The van der Waals surface area contributed by atoms with Crippen LogP contribution in [0, 0.1) is 6.92 Å². The largest absolute Gasteiger partial charge is 0.485 e. The van der Waals surface area contributed by atoms with Gasteiger partial charge in [-0.2, -0.15) is 9.50 Å². The van der Waals surface area contributed by atoms with Gasteiger partial charge in [-0.25, -0.2) is 9.97 Å². The van der Waals surface area contributed by atoms with Crippen LogP contribution in [0.15, 0.2) is 76.7 Å². The Balaban J connectivity index is 1.17. The Morgan fingerprint density at radius 1 is 0.948 bits per heavy atom. The number of nitrogens with zero attached hydrogens (tertiary/aromatic N) is 7. The average molecular weight is 827 g/mol. The minimum atomic E-state index is -9.91. The molecule has 1 fully saturated rings. The number of halogens is 5. The van der Waals surface area contributed by atoms with E-state index in [4.69, 9.17) is 9.72 Å². The Labute approximate surface area is 330 Å². The van der Waals surface area contributed by atoms with E-state index in [2.05, 4.69) is 26.5 Å². The molecule has 308 valence electrons. The molecule has 18 heteroatoms. The number of hydrogen-bond donors (Lipinski definition) is 1. The summed E-state index contributed by atoms with van der Waals surface area (Å²) in [5, 5.41) is 7.14. The predicted molar refractivity (Wildman–Crippen MR) is 210 cm³/mol. The van der Waals surface area contributed by atoms with Gasteiger partial charge in [-0.3, -0.25) is 14.4 Å². The molecule has 2 aliphatic rings. The summed E-state index contributed by atoms with van der Waals surface area (Å²) in [4.78, 5) is 54.8. The number of rotatable bonds is 11. The molecule has 0 bridgehead atoms. The molecule has 0 saturated carbocycles. The van der Waals surface area contributed by atoms with Crippen LogP contribution < -0.4 is 15.6 Å². The third-order valence-corrected chi connectivity index (χ3v) is 11.7. The zero-order valence-electron chi connectivity index (χ0n) is 32.0. The summed E-state index contributed by atoms with van der Waals surface area (Å²) in [6.45, 7) is 3.96. The van der Waals surface area contributed by atoms with Crippen LogP contribution in [0.2, 0.25) is 0 Å². The smallest absolute Gasteiger partial charge is 0.310 e. The molecular formula is C40H43F5N8O4S. The van der Waals surface area contributed by atoms with Crippen molar-refractivity contribution in [3.8, 4) is 5.75 Å². The second kappa shape index (κ2) is 15.3. The molecule has 0 atom stereocenters. The molecule has 0 spiro atoms. The van der Waals surface area contributed by atoms with E-state index in [-0.39, 0.29) is 60.8 Å². The number of allylic oxidation sites excluding steroid dienone is 2. The number of ether oxygens (including phenoxy) is 1. The van der Waals surface area contributed by atoms with E-state index >= 15 is 0 Å². The second-order valence-corrected chi connectivity index (χ2v) is 17.0. The minimum Gasteiger partial charge on any atom is -0.485 e. The Bertz CT molecular complexity index is 2450. The van der Waals surface area contributed by atoms with Gasteiger partial charge in [0.05, 0.1) is 5.69 Å². The second-order valence-electron chi connectivity index (χ2n) is 14.6. The fraction of sp³-hybridized carbons (Fsp3) is 0.375. The van der Waals surface area contributed by atoms with Crippen LogP contribution in [0.25, 0.3) is 11.4 Å². The van der Waals surface area contributed by atoms with Gasteiger partial charge in [0.25, 0.3) is 11.5 Å². The molecule has 2 amide bonds. The predicted octanol–water partition coefficient (Wildman–Crippen LogP) is 8.79. The summed E-state index contributed by atoms with van der Waals surface area (Å²) in [6.07, 6.45) is 9.01. The summed E-state index contributed by atoms with van der Waals surface area (Å²) in [7, 11) is -9.91. The number of likely N-dealkylation sites (tertiary alicyclic amines) is 1. The molecule has 4 heterocycles. The monoisotopic (exact) mass is 826 g/mol. The van der Waals surface area contributed by atoms with Crippen LogP contribution in [-0.2, 0) is 24.4 Å². The third kappa shape index (κ3) is 8.75. The van der Waals surface area contributed by atoms with Crippen molar-refractivity contribution >= 4 is 39.1 Å². The summed E-state index contributed by atoms with van der Waals surface area (Å²) in [5.74, 6) is -0.583. The van der Waals surface area contributed by atoms with Gasteiger partial charge in [-0.15, -0.1) is 5.10 Å². The van der Waals surface area contributed by atoms with Gasteiger partial charge in [0.2, 0.25) is 11.7 Å². The number of benzene rings is 2. The molecule has 1 aliphatic heterocycles. The number of aromatic nitrogens is 6. The molecule has 1 aliphatic carbocycles.